The maximum Gasteiger partial charge on any atom is 0.344 e. The summed E-state index contributed by atoms with van der Waals surface area (Å²) in [4.78, 5) is 60.9. The zero-order valence-electron chi connectivity index (χ0n) is 37.6. The molecule has 1 amide bonds. The minimum atomic E-state index is -2.53. The third-order valence-electron chi connectivity index (χ3n) is 13.3. The van der Waals surface area contributed by atoms with Gasteiger partial charge in [0, 0.05) is 52.0 Å². The van der Waals surface area contributed by atoms with Crippen LogP contribution in [0.25, 0.3) is 0 Å². The molecule has 4 rings (SSSR count). The van der Waals surface area contributed by atoms with E-state index in [1.54, 1.807) is 21.0 Å². The second kappa shape index (κ2) is 22.9. The number of carbonyl (C=O) groups is 4. The minimum Gasteiger partial charge on any atom is -0.479 e. The number of nitrogens with zero attached hydrogens (tertiary/aromatic N) is 2. The Balaban J connectivity index is 1.83. The van der Waals surface area contributed by atoms with E-state index in [2.05, 4.69) is 5.16 Å². The fraction of sp³-hybridized carbons (Fsp3) is 0.800. The van der Waals surface area contributed by atoms with Gasteiger partial charge in [0.25, 0.3) is 11.7 Å². The van der Waals surface area contributed by atoms with Crippen LogP contribution in [0.15, 0.2) is 28.5 Å². The molecule has 61 heavy (non-hydrogen) atoms. The Kier molecular flexibility index (Phi) is 18.9. The molecule has 16 nitrogen and oxygen atoms in total. The van der Waals surface area contributed by atoms with Crippen molar-refractivity contribution in [1.82, 2.24) is 4.90 Å². The Labute approximate surface area is 361 Å². The Hall–Kier alpha value is -3.25. The number of carboxylic acid groups (broad SMARTS) is 1. The van der Waals surface area contributed by atoms with E-state index in [0.29, 0.717) is 62.7 Å². The first-order valence-corrected chi connectivity index (χ1v) is 22.0. The van der Waals surface area contributed by atoms with Crippen LogP contribution in [-0.2, 0) is 47.7 Å². The predicted octanol–water partition coefficient (Wildman–Crippen LogP) is 4.36. The molecule has 346 valence electrons. The van der Waals surface area contributed by atoms with Crippen LogP contribution >= 0.6 is 0 Å². The van der Waals surface area contributed by atoms with Crippen molar-refractivity contribution in [2.75, 3.05) is 34.5 Å². The summed E-state index contributed by atoms with van der Waals surface area (Å²) in [6.07, 6.45) is 3.44. The molecule has 1 saturated carbocycles. The van der Waals surface area contributed by atoms with Gasteiger partial charge in [-0.15, -0.1) is 0 Å². The molecule has 0 unspecified atom stereocenters. The number of hydrogen-bond donors (Lipinski definition) is 4. The van der Waals surface area contributed by atoms with Crippen molar-refractivity contribution in [3.63, 3.8) is 0 Å². The molecule has 14 atom stereocenters. The number of piperidine rings is 1. The van der Waals surface area contributed by atoms with Crippen molar-refractivity contribution in [2.24, 2.45) is 34.7 Å². The summed E-state index contributed by atoms with van der Waals surface area (Å²) >= 11 is 0. The van der Waals surface area contributed by atoms with E-state index < -0.39 is 90.5 Å². The number of allylic oxidation sites excluding steroid dienone is 3. The maximum atomic E-state index is 14.5. The zero-order valence-corrected chi connectivity index (χ0v) is 37.6. The van der Waals surface area contributed by atoms with Gasteiger partial charge in [0.2, 0.25) is 12.4 Å². The lowest BCUT2D eigenvalue weighted by atomic mass is 9.81. The summed E-state index contributed by atoms with van der Waals surface area (Å²) in [6, 6.07) is -1.17. The fourth-order valence-corrected chi connectivity index (χ4v) is 9.69. The van der Waals surface area contributed by atoms with Crippen LogP contribution in [0, 0.1) is 29.6 Å². The molecule has 3 fully saturated rings. The van der Waals surface area contributed by atoms with E-state index in [1.165, 1.54) is 19.1 Å². The first-order chi connectivity index (χ1) is 28.9. The lowest BCUT2D eigenvalue weighted by molar-refractivity contribution is -0.302. The molecule has 0 aromatic rings. The molecule has 0 aromatic heterocycles. The van der Waals surface area contributed by atoms with Crippen LogP contribution in [0.1, 0.15) is 112 Å². The van der Waals surface area contributed by atoms with Crippen molar-refractivity contribution in [3.05, 3.63) is 23.3 Å². The summed E-state index contributed by atoms with van der Waals surface area (Å²) in [5, 5.41) is 48.2. The number of carboxylic acids is 1. The quantitative estimate of drug-likeness (QED) is 0.110. The smallest absolute Gasteiger partial charge is 0.344 e. The molecule has 4 N–H and O–H groups in total. The number of amides is 1. The number of oxime groups is 1. The summed E-state index contributed by atoms with van der Waals surface area (Å²) in [7, 11) is 4.59. The Bertz CT molecular complexity index is 1600. The number of fused-ring (bicyclic) bond motifs is 3. The van der Waals surface area contributed by atoms with Crippen molar-refractivity contribution in [3.8, 4) is 0 Å². The Morgan fingerprint density at radius 3 is 2.26 bits per heavy atom. The van der Waals surface area contributed by atoms with E-state index in [4.69, 9.17) is 28.5 Å². The van der Waals surface area contributed by atoms with Gasteiger partial charge < -0.3 is 53.8 Å². The highest BCUT2D eigenvalue weighted by Crippen LogP contribution is 2.39. The van der Waals surface area contributed by atoms with Gasteiger partial charge in [-0.3, -0.25) is 9.59 Å². The summed E-state index contributed by atoms with van der Waals surface area (Å²) in [5.74, 6) is -8.74. The molecule has 2 saturated heterocycles. The van der Waals surface area contributed by atoms with E-state index in [9.17, 15) is 39.6 Å². The van der Waals surface area contributed by atoms with Crippen LogP contribution in [0.4, 0.5) is 0 Å². The number of hydrogen-bond acceptors (Lipinski definition) is 14. The highest BCUT2D eigenvalue weighted by atomic mass is 16.7. The van der Waals surface area contributed by atoms with Crippen molar-refractivity contribution in [2.45, 2.75) is 167 Å². The topological polar surface area (TPSA) is 220 Å². The minimum absolute atomic E-state index is 0.00709. The number of cyclic esters (lactones) is 1. The largest absolute Gasteiger partial charge is 0.479 e. The number of aliphatic carboxylic acids is 1. The Morgan fingerprint density at radius 2 is 1.62 bits per heavy atom. The predicted molar refractivity (Wildman–Crippen MR) is 224 cm³/mol. The fourth-order valence-electron chi connectivity index (χ4n) is 9.69. The van der Waals surface area contributed by atoms with Gasteiger partial charge in [0.05, 0.1) is 36.2 Å². The van der Waals surface area contributed by atoms with Crippen LogP contribution < -0.4 is 0 Å². The molecular formula is C45H72N2O14. The lowest BCUT2D eigenvalue weighted by Crippen LogP contribution is -2.64. The first kappa shape index (κ1) is 50.4. The molecule has 3 aliphatic heterocycles. The van der Waals surface area contributed by atoms with Gasteiger partial charge in [0.15, 0.2) is 0 Å². The summed E-state index contributed by atoms with van der Waals surface area (Å²) in [5.41, 5.74) is 2.05. The average molecular weight is 865 g/mol. The third kappa shape index (κ3) is 12.7. The van der Waals surface area contributed by atoms with Gasteiger partial charge in [-0.2, -0.15) is 0 Å². The van der Waals surface area contributed by atoms with Gasteiger partial charge in [0.1, 0.15) is 18.2 Å². The van der Waals surface area contributed by atoms with E-state index in [1.807, 2.05) is 39.8 Å². The van der Waals surface area contributed by atoms with Gasteiger partial charge in [-0.25, -0.2) is 9.59 Å². The van der Waals surface area contributed by atoms with Crippen LogP contribution in [0.5, 0.6) is 0 Å². The van der Waals surface area contributed by atoms with Gasteiger partial charge in [-0.05, 0) is 95.5 Å². The summed E-state index contributed by atoms with van der Waals surface area (Å²) in [6.45, 7) is 10.5. The van der Waals surface area contributed by atoms with E-state index in [-0.39, 0.29) is 49.7 Å². The molecule has 16 heteroatoms. The normalized spacial score (nSPS) is 39.7. The second-order valence-corrected chi connectivity index (χ2v) is 17.9. The van der Waals surface area contributed by atoms with E-state index in [0.717, 1.165) is 5.57 Å². The Morgan fingerprint density at radius 1 is 0.951 bits per heavy atom. The molecule has 2 bridgehead atoms. The highest BCUT2D eigenvalue weighted by molar-refractivity contribution is 6.39. The third-order valence-corrected chi connectivity index (χ3v) is 13.3. The number of carbonyl (C=O) groups excluding carboxylic acids is 3. The standard InChI is InChI=1S/C45H72N2O14/c1-10-31-18-25(2)17-26(3)19-37(57-8)41-38(58-9)21-28(5)45(55,61-41)42(52)43(53)47-16-12-11-13-33(47)44(54)60-40(27(4)20-30-14-15-34(48)36(22-30)56-7)29(6)35(49)23-32(31)46-59-24-39(50)51/h18,20,26,28-31,33-38,40-41,48-49,55H,10-17,19,21-24H2,1-9H3,(H,50,51)/b25-18+,27-20+,46-32+/t26-,28+,29+,30-,31+,33-,34+,35-,36+,37-,38-,40+,41+,45+/m0/s1. The molecule has 0 spiro atoms. The molecule has 0 aromatic carbocycles. The number of methoxy groups -OCH3 is 3. The van der Waals surface area contributed by atoms with Crippen molar-refractivity contribution < 1.29 is 68.1 Å². The first-order valence-electron chi connectivity index (χ1n) is 22.0. The lowest BCUT2D eigenvalue weighted by Gasteiger charge is -2.47. The number of esters is 1. The van der Waals surface area contributed by atoms with Gasteiger partial charge in [-0.1, -0.05) is 50.6 Å². The SMILES string of the molecule is CC[C@@H]1/C=C(\C)C[C@H](C)C[C@H](OC)[C@H]2O[C@@](O)(C(=O)C(=O)N3CCCC[C@H]3C(=O)O[C@H](/C(C)=C/[C@@H]3CC[C@@H](O)[C@H](OC)C3)[C@H](C)[C@@H](O)C/C1=N\OCC(=O)O)[C@H](C)C[C@@H]2OC. The van der Waals surface area contributed by atoms with Crippen LogP contribution in [-0.4, -0.2) is 144 Å². The van der Waals surface area contributed by atoms with Crippen LogP contribution in [0.2, 0.25) is 0 Å². The monoisotopic (exact) mass is 864 g/mol. The number of Topliss-reactive ketones (excluding diaryl/α,β-unsaturated/α-hetero) is 1. The van der Waals surface area contributed by atoms with Gasteiger partial charge >= 0.3 is 11.9 Å². The average Bonchev–Trinajstić information content (AvgIpc) is 3.23. The molecule has 0 radical (unpaired) electrons. The number of aliphatic hydroxyl groups is 3. The number of rotatable bonds is 9. The van der Waals surface area contributed by atoms with Crippen LogP contribution in [0.3, 0.4) is 0 Å². The van der Waals surface area contributed by atoms with Crippen molar-refractivity contribution >= 4 is 29.3 Å². The number of ether oxygens (including phenoxy) is 5. The van der Waals surface area contributed by atoms with Crippen molar-refractivity contribution in [1.29, 1.82) is 0 Å². The summed E-state index contributed by atoms with van der Waals surface area (Å²) < 4.78 is 29.9. The zero-order chi connectivity index (χ0) is 45.2. The second-order valence-electron chi connectivity index (χ2n) is 17.9. The molecule has 1 aliphatic carbocycles. The molecular weight excluding hydrogens is 792 g/mol. The molecule has 3 heterocycles. The highest BCUT2D eigenvalue weighted by Gasteiger charge is 2.56. The molecule has 4 aliphatic rings. The number of ketones is 1. The number of aliphatic hydroxyl groups excluding tert-OH is 2. The van der Waals surface area contributed by atoms with E-state index >= 15 is 0 Å². The maximum absolute atomic E-state index is 14.5.